The molecule has 1 aliphatic rings. The lowest BCUT2D eigenvalue weighted by Crippen LogP contribution is -2.25. The molecule has 5 heteroatoms. The molecule has 1 aliphatic carbocycles. The molecule has 0 atom stereocenters. The normalized spacial score (nSPS) is 22.9. The van der Waals surface area contributed by atoms with Crippen molar-refractivity contribution >= 4 is 7.60 Å². The molecule has 1 rings (SSSR count). The molecular formula is C7H15O4P. The predicted octanol–water partition coefficient (Wildman–Crippen LogP) is 1.73. The second-order valence-corrected chi connectivity index (χ2v) is 5.61. The smallest absolute Gasteiger partial charge is 0.361 e. The first-order valence-corrected chi connectivity index (χ1v) is 5.56. The maximum absolute atomic E-state index is 11.8. The van der Waals surface area contributed by atoms with E-state index in [0.29, 0.717) is 12.8 Å². The molecule has 72 valence electrons. The number of hydrogen-bond donors (Lipinski definition) is 1. The Hall–Kier alpha value is 0.110. The van der Waals surface area contributed by atoms with Gasteiger partial charge in [0.1, 0.15) is 0 Å². The summed E-state index contributed by atoms with van der Waals surface area (Å²) in [6.45, 7) is 0. The molecule has 0 saturated heterocycles. The summed E-state index contributed by atoms with van der Waals surface area (Å²) in [5, 5.41) is 8.66. The Morgan fingerprint density at radius 2 is 1.67 bits per heavy atom. The predicted molar refractivity (Wildman–Crippen MR) is 45.0 cm³/mol. The summed E-state index contributed by atoms with van der Waals surface area (Å²) in [4.78, 5) is 0. The van der Waals surface area contributed by atoms with E-state index >= 15 is 0 Å². The third kappa shape index (κ3) is 1.44. The van der Waals surface area contributed by atoms with E-state index in [9.17, 15) is 9.67 Å². The van der Waals surface area contributed by atoms with Gasteiger partial charge in [0.15, 0.2) is 5.34 Å². The van der Waals surface area contributed by atoms with Gasteiger partial charge >= 0.3 is 7.60 Å². The van der Waals surface area contributed by atoms with E-state index in [1.165, 1.54) is 14.2 Å². The zero-order valence-corrected chi connectivity index (χ0v) is 8.34. The zero-order valence-electron chi connectivity index (χ0n) is 7.45. The van der Waals surface area contributed by atoms with Crippen molar-refractivity contribution in [2.45, 2.75) is 31.0 Å². The minimum absolute atomic E-state index is 0.506. The molecule has 12 heavy (non-hydrogen) atoms. The van der Waals surface area contributed by atoms with Gasteiger partial charge in [0, 0.05) is 14.2 Å². The Labute approximate surface area is 72.4 Å². The molecule has 0 radical (unpaired) electrons. The van der Waals surface area contributed by atoms with Crippen molar-refractivity contribution in [3.05, 3.63) is 0 Å². The highest BCUT2D eigenvalue weighted by molar-refractivity contribution is 7.55. The van der Waals surface area contributed by atoms with Gasteiger partial charge in [-0.2, -0.15) is 0 Å². The molecule has 1 fully saturated rings. The van der Waals surface area contributed by atoms with Gasteiger partial charge in [-0.25, -0.2) is 0 Å². The van der Waals surface area contributed by atoms with Crippen molar-refractivity contribution in [1.29, 1.82) is 0 Å². The molecule has 0 bridgehead atoms. The Morgan fingerprint density at radius 1 is 1.25 bits per heavy atom. The Kier molecular flexibility index (Phi) is 2.94. The summed E-state index contributed by atoms with van der Waals surface area (Å²) in [6, 6.07) is 0. The molecule has 0 unspecified atom stereocenters. The Morgan fingerprint density at radius 3 is 2.00 bits per heavy atom. The van der Waals surface area contributed by atoms with Crippen LogP contribution in [0.3, 0.4) is 0 Å². The van der Waals surface area contributed by atoms with Crippen LogP contribution in [0.2, 0.25) is 0 Å². The molecule has 0 aromatic heterocycles. The molecule has 1 saturated carbocycles. The Balaban J connectivity index is 2.83. The van der Waals surface area contributed by atoms with Gasteiger partial charge in [0.05, 0.1) is 0 Å². The lowest BCUT2D eigenvalue weighted by Gasteiger charge is -2.28. The van der Waals surface area contributed by atoms with Crippen molar-refractivity contribution in [2.24, 2.45) is 0 Å². The van der Waals surface area contributed by atoms with Crippen molar-refractivity contribution < 1.29 is 18.7 Å². The highest BCUT2D eigenvalue weighted by Gasteiger charge is 2.50. The van der Waals surface area contributed by atoms with Crippen molar-refractivity contribution in [3.8, 4) is 0 Å². The van der Waals surface area contributed by atoms with Gasteiger partial charge in [-0.3, -0.25) is 4.57 Å². The molecule has 0 aromatic rings. The van der Waals surface area contributed by atoms with E-state index in [4.69, 9.17) is 9.05 Å². The highest BCUT2D eigenvalue weighted by atomic mass is 31.2. The molecular weight excluding hydrogens is 179 g/mol. The maximum atomic E-state index is 11.8. The van der Waals surface area contributed by atoms with Crippen molar-refractivity contribution in [2.75, 3.05) is 14.2 Å². The zero-order chi connectivity index (χ0) is 9.24. The van der Waals surface area contributed by atoms with Gasteiger partial charge < -0.3 is 14.2 Å². The number of aliphatic hydroxyl groups is 1. The molecule has 0 amide bonds. The highest BCUT2D eigenvalue weighted by Crippen LogP contribution is 2.63. The van der Waals surface area contributed by atoms with Crippen LogP contribution in [0.15, 0.2) is 0 Å². The van der Waals surface area contributed by atoms with Gasteiger partial charge in [0.25, 0.3) is 0 Å². The van der Waals surface area contributed by atoms with Crippen LogP contribution in [-0.4, -0.2) is 24.7 Å². The topological polar surface area (TPSA) is 55.8 Å². The average Bonchev–Trinajstić information content (AvgIpc) is 2.52. The molecule has 0 spiro atoms. The summed E-state index contributed by atoms with van der Waals surface area (Å²) < 4.78 is 21.3. The third-order valence-corrected chi connectivity index (χ3v) is 4.82. The monoisotopic (exact) mass is 194 g/mol. The van der Waals surface area contributed by atoms with E-state index in [2.05, 4.69) is 0 Å². The molecule has 0 heterocycles. The summed E-state index contributed by atoms with van der Waals surface area (Å²) in [7, 11) is -0.673. The van der Waals surface area contributed by atoms with Crippen LogP contribution in [0, 0.1) is 0 Å². The first-order chi connectivity index (χ1) is 5.58. The standard InChI is InChI=1S/C7H15O4P/c1-10-12(9,11-2)7(8)5-3-4-6-7/h8H,3-6H2,1-2H3. The van der Waals surface area contributed by atoms with Crippen LogP contribution >= 0.6 is 7.60 Å². The average molecular weight is 194 g/mol. The minimum atomic E-state index is -3.29. The second kappa shape index (κ2) is 3.46. The van der Waals surface area contributed by atoms with E-state index in [1.54, 1.807) is 0 Å². The lowest BCUT2D eigenvalue weighted by atomic mass is 10.3. The van der Waals surface area contributed by atoms with E-state index in [0.717, 1.165) is 12.8 Å². The van der Waals surface area contributed by atoms with E-state index in [-0.39, 0.29) is 0 Å². The van der Waals surface area contributed by atoms with Crippen LogP contribution in [0.1, 0.15) is 25.7 Å². The number of rotatable bonds is 3. The molecule has 0 aliphatic heterocycles. The van der Waals surface area contributed by atoms with E-state index in [1.807, 2.05) is 0 Å². The van der Waals surface area contributed by atoms with Crippen LogP contribution in [-0.2, 0) is 13.6 Å². The summed E-state index contributed by atoms with van der Waals surface area (Å²) in [5.41, 5.74) is 0. The van der Waals surface area contributed by atoms with Gasteiger partial charge in [-0.15, -0.1) is 0 Å². The fourth-order valence-corrected chi connectivity index (χ4v) is 3.32. The van der Waals surface area contributed by atoms with Gasteiger partial charge in [-0.05, 0) is 25.7 Å². The van der Waals surface area contributed by atoms with Gasteiger partial charge in [0.2, 0.25) is 0 Å². The fraction of sp³-hybridized carbons (Fsp3) is 1.00. The summed E-state index contributed by atoms with van der Waals surface area (Å²) >= 11 is 0. The Bertz CT molecular complexity index is 190. The van der Waals surface area contributed by atoms with Crippen molar-refractivity contribution in [3.63, 3.8) is 0 Å². The SMILES string of the molecule is COP(=O)(OC)C1(O)CCCC1. The first-order valence-electron chi connectivity index (χ1n) is 4.02. The third-order valence-electron chi connectivity index (χ3n) is 2.39. The largest absolute Gasteiger partial charge is 0.377 e. The number of hydrogen-bond acceptors (Lipinski definition) is 4. The minimum Gasteiger partial charge on any atom is -0.377 e. The van der Waals surface area contributed by atoms with Gasteiger partial charge in [-0.1, -0.05) is 0 Å². The maximum Gasteiger partial charge on any atom is 0.361 e. The summed E-state index contributed by atoms with van der Waals surface area (Å²) in [6.07, 6.45) is 2.78. The van der Waals surface area contributed by atoms with Crippen molar-refractivity contribution in [1.82, 2.24) is 0 Å². The second-order valence-electron chi connectivity index (χ2n) is 3.05. The lowest BCUT2D eigenvalue weighted by molar-refractivity contribution is 0.0845. The molecule has 1 N–H and O–H groups in total. The molecule has 0 aromatic carbocycles. The molecule has 4 nitrogen and oxygen atoms in total. The quantitative estimate of drug-likeness (QED) is 0.695. The first kappa shape index (κ1) is 10.2. The van der Waals surface area contributed by atoms with Crippen LogP contribution in [0.4, 0.5) is 0 Å². The van der Waals surface area contributed by atoms with E-state index < -0.39 is 12.9 Å². The summed E-state index contributed by atoms with van der Waals surface area (Å²) in [5.74, 6) is 0. The fourth-order valence-electron chi connectivity index (χ4n) is 1.63. The van der Waals surface area contributed by atoms with Crippen LogP contribution in [0.25, 0.3) is 0 Å². The van der Waals surface area contributed by atoms with Crippen LogP contribution in [0.5, 0.6) is 0 Å². The van der Waals surface area contributed by atoms with Crippen LogP contribution < -0.4 is 0 Å².